The van der Waals surface area contributed by atoms with Crippen LogP contribution in [0.15, 0.2) is 35.5 Å². The van der Waals surface area contributed by atoms with Crippen LogP contribution >= 0.6 is 0 Å². The molecule has 100 valence electrons. The van der Waals surface area contributed by atoms with Gasteiger partial charge in [-0.15, -0.1) is 0 Å². The van der Waals surface area contributed by atoms with E-state index in [0.29, 0.717) is 0 Å². The molecule has 0 fully saturated rings. The Kier molecular flexibility index (Phi) is 3.48. The molecule has 0 saturated carbocycles. The molecule has 0 spiro atoms. The van der Waals surface area contributed by atoms with Gasteiger partial charge in [-0.25, -0.2) is 22.8 Å². The van der Waals surface area contributed by atoms with Crippen molar-refractivity contribution in [2.75, 3.05) is 11.6 Å². The van der Waals surface area contributed by atoms with Crippen molar-refractivity contribution in [1.29, 1.82) is 0 Å². The minimum atomic E-state index is -3.61. The summed E-state index contributed by atoms with van der Waals surface area (Å²) in [6.45, 7) is 1.83. The van der Waals surface area contributed by atoms with Gasteiger partial charge in [-0.2, -0.15) is 0 Å². The third-order valence-corrected chi connectivity index (χ3v) is 3.50. The lowest BCUT2D eigenvalue weighted by Gasteiger charge is -2.08. The fraction of sp³-hybridized carbons (Fsp3) is 0.167. The number of sulfone groups is 1. The number of hydrogen-bond acceptors (Lipinski definition) is 5. The first-order chi connectivity index (χ1) is 8.88. The number of nitrogens with zero attached hydrogens (tertiary/aromatic N) is 2. The van der Waals surface area contributed by atoms with Gasteiger partial charge >= 0.3 is 0 Å². The molecular formula is C12H12FN3O2S. The second kappa shape index (κ2) is 4.93. The van der Waals surface area contributed by atoms with Gasteiger partial charge in [0.15, 0.2) is 15.7 Å². The van der Waals surface area contributed by atoms with Crippen LogP contribution in [-0.4, -0.2) is 24.6 Å². The van der Waals surface area contributed by atoms with E-state index in [1.807, 2.05) is 6.92 Å². The van der Waals surface area contributed by atoms with Crippen molar-refractivity contribution in [3.05, 3.63) is 42.0 Å². The van der Waals surface area contributed by atoms with Crippen molar-refractivity contribution in [3.8, 4) is 0 Å². The molecule has 0 aliphatic heterocycles. The fourth-order valence-corrected chi connectivity index (χ4v) is 2.23. The number of aromatic nitrogens is 2. The number of rotatable bonds is 3. The van der Waals surface area contributed by atoms with Crippen LogP contribution in [0.2, 0.25) is 0 Å². The predicted molar refractivity (Wildman–Crippen MR) is 69.6 cm³/mol. The predicted octanol–water partition coefficient (Wildman–Crippen LogP) is 2.07. The maximum atomic E-state index is 14.0. The van der Waals surface area contributed by atoms with Gasteiger partial charge in [0.2, 0.25) is 5.95 Å². The quantitative estimate of drug-likeness (QED) is 0.932. The number of benzene rings is 1. The highest BCUT2D eigenvalue weighted by Gasteiger charge is 2.16. The van der Waals surface area contributed by atoms with Crippen LogP contribution in [0.4, 0.5) is 16.0 Å². The lowest BCUT2D eigenvalue weighted by atomic mass is 10.3. The molecule has 0 bridgehead atoms. The molecule has 0 atom stereocenters. The first-order valence-corrected chi connectivity index (χ1v) is 7.31. The molecule has 0 amide bonds. The maximum Gasteiger partial charge on any atom is 0.227 e. The smallest absolute Gasteiger partial charge is 0.227 e. The lowest BCUT2D eigenvalue weighted by Crippen LogP contribution is -2.05. The Balaban J connectivity index is 2.39. The summed E-state index contributed by atoms with van der Waals surface area (Å²) < 4.78 is 36.8. The highest BCUT2D eigenvalue weighted by molar-refractivity contribution is 7.90. The molecule has 0 unspecified atom stereocenters. The van der Waals surface area contributed by atoms with E-state index in [1.54, 1.807) is 12.4 Å². The second-order valence-electron chi connectivity index (χ2n) is 4.10. The molecule has 7 heteroatoms. The molecule has 0 aliphatic carbocycles. The number of halogens is 1. The third-order valence-electron chi connectivity index (χ3n) is 2.39. The van der Waals surface area contributed by atoms with Crippen LogP contribution in [0.1, 0.15) is 5.56 Å². The SMILES string of the molecule is Cc1cnc(Nc2cccc(S(C)(=O)=O)c2F)nc1. The molecule has 0 saturated heterocycles. The Morgan fingerprint density at radius 2 is 1.84 bits per heavy atom. The fourth-order valence-electron chi connectivity index (χ4n) is 1.47. The summed E-state index contributed by atoms with van der Waals surface area (Å²) in [6.07, 6.45) is 4.11. The lowest BCUT2D eigenvalue weighted by molar-refractivity contribution is 0.573. The van der Waals surface area contributed by atoms with Crippen LogP contribution in [0, 0.1) is 12.7 Å². The third kappa shape index (κ3) is 3.05. The molecule has 1 aromatic carbocycles. The summed E-state index contributed by atoms with van der Waals surface area (Å²) in [7, 11) is -3.61. The summed E-state index contributed by atoms with van der Waals surface area (Å²) in [4.78, 5) is 7.58. The first-order valence-electron chi connectivity index (χ1n) is 5.42. The number of anilines is 2. The van der Waals surface area contributed by atoms with Gasteiger partial charge < -0.3 is 5.32 Å². The van der Waals surface area contributed by atoms with E-state index in [-0.39, 0.29) is 16.5 Å². The van der Waals surface area contributed by atoms with Gasteiger partial charge in [-0.1, -0.05) is 6.07 Å². The van der Waals surface area contributed by atoms with Gasteiger partial charge in [-0.3, -0.25) is 0 Å². The van der Waals surface area contributed by atoms with E-state index in [1.165, 1.54) is 18.2 Å². The van der Waals surface area contributed by atoms with Gasteiger partial charge in [0, 0.05) is 18.6 Å². The van der Waals surface area contributed by atoms with Crippen molar-refractivity contribution < 1.29 is 12.8 Å². The highest BCUT2D eigenvalue weighted by Crippen LogP contribution is 2.23. The minimum Gasteiger partial charge on any atom is -0.322 e. The van der Waals surface area contributed by atoms with Crippen LogP contribution in [0.3, 0.4) is 0 Å². The Morgan fingerprint density at radius 1 is 1.21 bits per heavy atom. The zero-order valence-corrected chi connectivity index (χ0v) is 11.2. The average Bonchev–Trinajstić information content (AvgIpc) is 2.33. The first kappa shape index (κ1) is 13.4. The van der Waals surface area contributed by atoms with Crippen LogP contribution in [-0.2, 0) is 9.84 Å². The minimum absolute atomic E-state index is 0.0202. The van der Waals surface area contributed by atoms with E-state index < -0.39 is 15.7 Å². The van der Waals surface area contributed by atoms with E-state index >= 15 is 0 Å². The van der Waals surface area contributed by atoms with Gasteiger partial charge in [0.1, 0.15) is 4.90 Å². The summed E-state index contributed by atoms with van der Waals surface area (Å²) in [5, 5.41) is 2.65. The zero-order valence-electron chi connectivity index (χ0n) is 10.4. The maximum absolute atomic E-state index is 14.0. The summed E-state index contributed by atoms with van der Waals surface area (Å²) >= 11 is 0. The molecule has 1 heterocycles. The Morgan fingerprint density at radius 3 is 2.42 bits per heavy atom. The monoisotopic (exact) mass is 281 g/mol. The van der Waals surface area contributed by atoms with E-state index in [2.05, 4.69) is 15.3 Å². The molecule has 2 aromatic rings. The molecule has 0 radical (unpaired) electrons. The van der Waals surface area contributed by atoms with Gasteiger partial charge in [0.25, 0.3) is 0 Å². The van der Waals surface area contributed by atoms with Crippen molar-refractivity contribution >= 4 is 21.5 Å². The molecule has 1 N–H and O–H groups in total. The molecule has 0 aliphatic rings. The Hall–Kier alpha value is -2.02. The molecular weight excluding hydrogens is 269 g/mol. The number of aryl methyl sites for hydroxylation is 1. The Bertz CT molecular complexity index is 699. The molecule has 2 rings (SSSR count). The molecule has 5 nitrogen and oxygen atoms in total. The van der Waals surface area contributed by atoms with Crippen molar-refractivity contribution in [3.63, 3.8) is 0 Å². The summed E-state index contributed by atoms with van der Waals surface area (Å²) in [5.74, 6) is -0.635. The van der Waals surface area contributed by atoms with Crippen molar-refractivity contribution in [1.82, 2.24) is 9.97 Å². The van der Waals surface area contributed by atoms with E-state index in [9.17, 15) is 12.8 Å². The van der Waals surface area contributed by atoms with Gasteiger partial charge in [0.05, 0.1) is 5.69 Å². The largest absolute Gasteiger partial charge is 0.322 e. The molecule has 19 heavy (non-hydrogen) atoms. The summed E-state index contributed by atoms with van der Waals surface area (Å²) in [6, 6.07) is 4.09. The van der Waals surface area contributed by atoms with E-state index in [4.69, 9.17) is 0 Å². The second-order valence-corrected chi connectivity index (χ2v) is 6.08. The number of nitrogens with one attached hydrogen (secondary N) is 1. The highest BCUT2D eigenvalue weighted by atomic mass is 32.2. The standard InChI is InChI=1S/C12H12FN3O2S/c1-8-6-14-12(15-7-8)16-9-4-3-5-10(11(9)13)19(2,17)18/h3-7H,1-2H3,(H,14,15,16). The van der Waals surface area contributed by atoms with Crippen molar-refractivity contribution in [2.24, 2.45) is 0 Å². The van der Waals surface area contributed by atoms with Crippen LogP contribution in [0.25, 0.3) is 0 Å². The van der Waals surface area contributed by atoms with Crippen LogP contribution in [0.5, 0.6) is 0 Å². The topological polar surface area (TPSA) is 72.0 Å². The van der Waals surface area contributed by atoms with Crippen LogP contribution < -0.4 is 5.32 Å². The Labute approximate surface area is 110 Å². The zero-order chi connectivity index (χ0) is 14.0. The van der Waals surface area contributed by atoms with Gasteiger partial charge in [-0.05, 0) is 24.6 Å². The number of hydrogen-bond donors (Lipinski definition) is 1. The normalized spacial score (nSPS) is 11.3. The average molecular weight is 281 g/mol. The van der Waals surface area contributed by atoms with Crippen molar-refractivity contribution in [2.45, 2.75) is 11.8 Å². The molecule has 1 aromatic heterocycles. The van der Waals surface area contributed by atoms with E-state index in [0.717, 1.165) is 11.8 Å². The summed E-state index contributed by atoms with van der Waals surface area (Å²) in [5.41, 5.74) is 0.891.